The van der Waals surface area contributed by atoms with E-state index in [1.807, 2.05) is 0 Å². The van der Waals surface area contributed by atoms with Gasteiger partial charge < -0.3 is 23.0 Å². The Morgan fingerprint density at radius 2 is 1.35 bits per heavy atom. The minimum absolute atomic E-state index is 0.00515. The number of hydrogen-bond acceptors (Lipinski definition) is 9. The van der Waals surface area contributed by atoms with Crippen molar-refractivity contribution in [2.24, 2.45) is 0 Å². The summed E-state index contributed by atoms with van der Waals surface area (Å²) in [5, 5.41) is 11.2. The van der Waals surface area contributed by atoms with E-state index in [0.29, 0.717) is 5.65 Å². The summed E-state index contributed by atoms with van der Waals surface area (Å²) in [5.74, 6) is 0. The number of aromatic amines is 1. The van der Waals surface area contributed by atoms with Gasteiger partial charge in [-0.1, -0.05) is 62.3 Å². The highest BCUT2D eigenvalue weighted by atomic mass is 28.4. The third kappa shape index (κ3) is 7.87. The van der Waals surface area contributed by atoms with E-state index in [0.717, 1.165) is 5.56 Å². The highest BCUT2D eigenvalue weighted by Gasteiger charge is 2.57. The summed E-state index contributed by atoms with van der Waals surface area (Å²) >= 11 is 0. The normalized spacial score (nSPS) is 22.1. The van der Waals surface area contributed by atoms with Crippen molar-refractivity contribution in [3.05, 3.63) is 63.0 Å². The van der Waals surface area contributed by atoms with Crippen molar-refractivity contribution in [2.45, 2.75) is 147 Å². The maximum absolute atomic E-state index is 12.8. The minimum atomic E-state index is -2.49. The fraction of sp³-hybridized carbons (Fsp3) is 0.676. The lowest BCUT2D eigenvalue weighted by Gasteiger charge is -2.45. The van der Waals surface area contributed by atoms with E-state index in [-0.39, 0.29) is 31.9 Å². The van der Waals surface area contributed by atoms with Gasteiger partial charge >= 0.3 is 0 Å². The van der Waals surface area contributed by atoms with Gasteiger partial charge in [-0.3, -0.25) is 19.5 Å². The number of non-ortho nitro benzene ring substituents is 1. The second-order valence-electron chi connectivity index (χ2n) is 17.9. The zero-order valence-electron chi connectivity index (χ0n) is 32.0. The van der Waals surface area contributed by atoms with Gasteiger partial charge in [0.05, 0.1) is 23.7 Å². The van der Waals surface area contributed by atoms with Gasteiger partial charge in [0.25, 0.3) is 11.2 Å². The maximum atomic E-state index is 12.8. The van der Waals surface area contributed by atoms with Gasteiger partial charge in [-0.05, 0) is 72.1 Å². The van der Waals surface area contributed by atoms with Crippen molar-refractivity contribution in [2.75, 3.05) is 0 Å². The fourth-order valence-electron chi connectivity index (χ4n) is 5.08. The third-order valence-corrected chi connectivity index (χ3v) is 24.7. The van der Waals surface area contributed by atoms with Crippen LogP contribution in [0.4, 0.5) is 5.69 Å². The predicted molar refractivity (Wildman–Crippen MR) is 200 cm³/mol. The van der Waals surface area contributed by atoms with E-state index in [1.54, 1.807) is 23.0 Å². The van der Waals surface area contributed by atoms with Crippen LogP contribution in [0.25, 0.3) is 11.2 Å². The molecule has 1 unspecified atom stereocenters. The maximum Gasteiger partial charge on any atom is 0.278 e. The van der Waals surface area contributed by atoms with Crippen LogP contribution in [0, 0.1) is 10.1 Å². The number of H-pyrrole nitrogens is 1. The van der Waals surface area contributed by atoms with Crippen molar-refractivity contribution in [3.63, 3.8) is 0 Å². The molecule has 15 heteroatoms. The quantitative estimate of drug-likeness (QED) is 0.123. The number of hydrogen-bond donors (Lipinski definition) is 1. The lowest BCUT2D eigenvalue weighted by Crippen LogP contribution is -2.55. The number of aromatic nitrogens is 4. The molecule has 3 heterocycles. The highest BCUT2D eigenvalue weighted by molar-refractivity contribution is 6.75. The number of nitro benzene ring substituents is 1. The Morgan fingerprint density at radius 1 is 0.837 bits per heavy atom. The molecule has 0 aliphatic carbocycles. The molecule has 49 heavy (non-hydrogen) atoms. The van der Waals surface area contributed by atoms with Crippen LogP contribution in [0.1, 0.15) is 80.2 Å². The molecule has 12 nitrogen and oxygen atoms in total. The molecule has 0 bridgehead atoms. The Kier molecular flexibility index (Phi) is 10.6. The van der Waals surface area contributed by atoms with E-state index in [2.05, 4.69) is 117 Å². The number of ether oxygens (including phenoxy) is 1. The molecule has 3 aromatic rings. The van der Waals surface area contributed by atoms with Crippen LogP contribution in [-0.2, 0) is 18.0 Å². The van der Waals surface area contributed by atoms with E-state index in [9.17, 15) is 14.9 Å². The second kappa shape index (κ2) is 13.2. The zero-order chi connectivity index (χ0) is 37.1. The van der Waals surface area contributed by atoms with E-state index >= 15 is 0 Å². The lowest BCUT2D eigenvalue weighted by atomic mass is 9.99. The second-order valence-corrected chi connectivity index (χ2v) is 32.1. The van der Waals surface area contributed by atoms with Crippen molar-refractivity contribution >= 4 is 41.8 Å². The Morgan fingerprint density at radius 3 is 1.84 bits per heavy atom. The zero-order valence-corrected chi connectivity index (χ0v) is 35.0. The Bertz CT molecular complexity index is 1700. The molecular weight excluding hydrogens is 675 g/mol. The molecule has 1 saturated heterocycles. The summed E-state index contributed by atoms with van der Waals surface area (Å²) in [7, 11) is -7.46. The van der Waals surface area contributed by atoms with Crippen LogP contribution in [0.3, 0.4) is 0 Å². The molecule has 1 N–H and O–H groups in total. The molecular formula is C34H57N5O7Si3. The van der Waals surface area contributed by atoms with Crippen LogP contribution >= 0.6 is 0 Å². The molecule has 1 aliphatic rings. The molecule has 1 aliphatic heterocycles. The third-order valence-electron chi connectivity index (χ3n) is 11.3. The Balaban J connectivity index is 2.01. The summed E-state index contributed by atoms with van der Waals surface area (Å²) < 4.78 is 30.9. The molecule has 0 saturated carbocycles. The molecule has 0 amide bonds. The predicted octanol–water partition coefficient (Wildman–Crippen LogP) is 8.47. The summed E-state index contributed by atoms with van der Waals surface area (Å²) in [4.78, 5) is 35.6. The number of rotatable bonds is 10. The smallest absolute Gasteiger partial charge is 0.278 e. The fourth-order valence-corrected chi connectivity index (χ4v) is 8.93. The Labute approximate surface area is 293 Å². The van der Waals surface area contributed by atoms with Gasteiger partial charge in [-0.15, -0.1) is 0 Å². The van der Waals surface area contributed by atoms with Gasteiger partial charge in [-0.25, -0.2) is 9.97 Å². The van der Waals surface area contributed by atoms with E-state index < -0.39 is 60.5 Å². The topological polar surface area (TPSA) is 144 Å². The molecule has 1 fully saturated rings. The first kappa shape index (κ1) is 39.2. The Hall–Kier alpha value is -2.54. The van der Waals surface area contributed by atoms with Crippen LogP contribution in [-0.4, -0.2) is 67.7 Å². The number of benzene rings is 1. The molecule has 272 valence electrons. The van der Waals surface area contributed by atoms with Crippen LogP contribution in [0.2, 0.25) is 54.4 Å². The van der Waals surface area contributed by atoms with E-state index in [4.69, 9.17) is 18.0 Å². The molecule has 2 aromatic heterocycles. The van der Waals surface area contributed by atoms with Crippen molar-refractivity contribution in [1.29, 1.82) is 0 Å². The molecule has 0 radical (unpaired) electrons. The number of nitrogens with zero attached hydrogens (tertiary/aromatic N) is 4. The highest BCUT2D eigenvalue weighted by Crippen LogP contribution is 2.50. The average Bonchev–Trinajstić information content (AvgIpc) is 3.52. The van der Waals surface area contributed by atoms with Crippen LogP contribution in [0.15, 0.2) is 41.7 Å². The van der Waals surface area contributed by atoms with Gasteiger partial charge in [0.1, 0.15) is 18.3 Å². The monoisotopic (exact) mass is 731 g/mol. The van der Waals surface area contributed by atoms with Crippen molar-refractivity contribution in [3.8, 4) is 0 Å². The SMILES string of the molecule is CC(C)(C)[Si](C)(C)OC(c1ccc([N+](=O)[O-])cc1)[C@H]1O[C@@H](n2cnc3c(=O)[nH]cnc32)[C@H](O[Si](C)(C)C(C)(C)C)[C@@H]1O[Si](C)(C)C(C)(C)C. The van der Waals surface area contributed by atoms with Crippen LogP contribution in [0.5, 0.6) is 0 Å². The molecule has 5 atom stereocenters. The van der Waals surface area contributed by atoms with Gasteiger partial charge in [0, 0.05) is 12.1 Å². The summed E-state index contributed by atoms with van der Waals surface area (Å²) in [6, 6.07) is 6.54. The minimum Gasteiger partial charge on any atom is -0.408 e. The van der Waals surface area contributed by atoms with Gasteiger partial charge in [-0.2, -0.15) is 0 Å². The summed E-state index contributed by atoms with van der Waals surface area (Å²) in [5.41, 5.74) is 0.975. The lowest BCUT2D eigenvalue weighted by molar-refractivity contribution is -0.384. The average molecular weight is 732 g/mol. The molecule has 0 spiro atoms. The number of nitro groups is 1. The van der Waals surface area contributed by atoms with Gasteiger partial charge in [0.2, 0.25) is 0 Å². The standard InChI is InChI=1S/C34H57N5O7Si3/c1-32(2,3)47(10,11)44-25(22-16-18-23(19-17-22)39(41)42)26-27(45-48(12,13)33(4,5)6)28(46-49(14,15)34(7,8)9)31(43-26)38-21-37-24-29(38)35-20-36-30(24)40/h16-21,25-28,31H,1-15H3,(H,35,36,40)/t25?,26-,27-,28-,31-/m1/s1. The number of fused-ring (bicyclic) bond motifs is 1. The number of nitrogens with one attached hydrogen (secondary N) is 1. The van der Waals surface area contributed by atoms with Gasteiger partial charge in [0.15, 0.2) is 42.3 Å². The van der Waals surface area contributed by atoms with Crippen molar-refractivity contribution < 1.29 is 22.9 Å². The molecule has 1 aromatic carbocycles. The first-order valence-corrected chi connectivity index (χ1v) is 25.7. The summed E-state index contributed by atoms with van der Waals surface area (Å²) in [6.45, 7) is 32.9. The van der Waals surface area contributed by atoms with Crippen molar-refractivity contribution in [1.82, 2.24) is 19.5 Å². The van der Waals surface area contributed by atoms with E-state index in [1.165, 1.54) is 18.5 Å². The summed E-state index contributed by atoms with van der Waals surface area (Å²) in [6.07, 6.45) is -0.394. The largest absolute Gasteiger partial charge is 0.408 e. The first-order valence-electron chi connectivity index (χ1n) is 17.0. The first-order chi connectivity index (χ1) is 22.2. The van der Waals surface area contributed by atoms with Crippen LogP contribution < -0.4 is 5.56 Å². The number of imidazole rings is 1. The molecule has 4 rings (SSSR count).